The molecule has 3 heterocycles. The van der Waals surface area contributed by atoms with E-state index in [4.69, 9.17) is 23.2 Å². The van der Waals surface area contributed by atoms with Crippen LogP contribution in [0.5, 0.6) is 0 Å². The molecular weight excluding hydrogens is 397 g/mol. The van der Waals surface area contributed by atoms with Crippen molar-refractivity contribution in [2.24, 2.45) is 5.92 Å². The molecule has 3 fully saturated rings. The summed E-state index contributed by atoms with van der Waals surface area (Å²) in [5.74, 6) is -0.796. The number of imide groups is 1. The van der Waals surface area contributed by atoms with Crippen LogP contribution in [0.3, 0.4) is 0 Å². The molecule has 3 atom stereocenters. The van der Waals surface area contributed by atoms with Gasteiger partial charge in [0.2, 0.25) is 5.91 Å². The Balaban J connectivity index is 1.60. The second-order valence-corrected chi connectivity index (χ2v) is 8.45. The highest BCUT2D eigenvalue weighted by molar-refractivity contribution is 6.35. The topological polar surface area (TPSA) is 43.9 Å². The van der Waals surface area contributed by atoms with Gasteiger partial charge < -0.3 is 0 Å². The Labute approximate surface area is 173 Å². The van der Waals surface area contributed by atoms with Crippen LogP contribution in [0.2, 0.25) is 10.0 Å². The molecule has 0 saturated carbocycles. The van der Waals surface area contributed by atoms with E-state index in [9.17, 15) is 9.59 Å². The molecule has 0 N–H and O–H groups in total. The van der Waals surface area contributed by atoms with E-state index in [1.54, 1.807) is 12.1 Å². The first-order valence-electron chi connectivity index (χ1n) is 9.40. The van der Waals surface area contributed by atoms with Gasteiger partial charge in [-0.05, 0) is 43.2 Å². The highest BCUT2D eigenvalue weighted by Crippen LogP contribution is 2.50. The summed E-state index contributed by atoms with van der Waals surface area (Å²) in [7, 11) is 0. The van der Waals surface area contributed by atoms with Crippen LogP contribution in [0.1, 0.15) is 23.6 Å². The van der Waals surface area contributed by atoms with Gasteiger partial charge >= 0.3 is 0 Å². The van der Waals surface area contributed by atoms with Gasteiger partial charge in [0.1, 0.15) is 6.04 Å². The standard InChI is InChI=1S/C21H19Cl2N3O2/c1-12-3-6-14(7-4-12)26-20(27)17-18(15-8-5-13(22)11-16(15)23)24-9-2-10-25(24)19(17)21(26)28/h3-8,11,17-19H,2,9-10H2,1H3/t17-,18+,19+/m0/s1. The quantitative estimate of drug-likeness (QED) is 0.698. The molecule has 7 heteroatoms. The molecular formula is C21H19Cl2N3O2. The predicted molar refractivity (Wildman–Crippen MR) is 108 cm³/mol. The van der Waals surface area contributed by atoms with Gasteiger partial charge in [-0.15, -0.1) is 0 Å². The highest BCUT2D eigenvalue weighted by atomic mass is 35.5. The van der Waals surface area contributed by atoms with Crippen molar-refractivity contribution >= 4 is 40.7 Å². The largest absolute Gasteiger partial charge is 0.274 e. The van der Waals surface area contributed by atoms with Gasteiger partial charge in [0.25, 0.3) is 5.91 Å². The Morgan fingerprint density at radius 1 is 0.893 bits per heavy atom. The summed E-state index contributed by atoms with van der Waals surface area (Å²) >= 11 is 12.6. The molecule has 2 aromatic carbocycles. The van der Waals surface area contributed by atoms with Gasteiger partial charge in [-0.3, -0.25) is 9.59 Å². The number of aryl methyl sites for hydroxylation is 1. The van der Waals surface area contributed by atoms with Crippen molar-refractivity contribution in [2.45, 2.75) is 25.4 Å². The van der Waals surface area contributed by atoms with E-state index in [1.165, 1.54) is 4.90 Å². The molecule has 5 nitrogen and oxygen atoms in total. The van der Waals surface area contributed by atoms with Crippen molar-refractivity contribution in [2.75, 3.05) is 18.0 Å². The van der Waals surface area contributed by atoms with Crippen molar-refractivity contribution in [1.82, 2.24) is 10.0 Å². The molecule has 0 bridgehead atoms. The van der Waals surface area contributed by atoms with Gasteiger partial charge in [0.05, 0.1) is 17.6 Å². The third-order valence-corrected chi connectivity index (χ3v) is 6.54. The maximum absolute atomic E-state index is 13.5. The molecule has 2 aromatic rings. The Hall–Kier alpha value is -1.92. The summed E-state index contributed by atoms with van der Waals surface area (Å²) in [6.07, 6.45) is 0.955. The summed E-state index contributed by atoms with van der Waals surface area (Å²) in [5, 5.41) is 5.29. The van der Waals surface area contributed by atoms with Gasteiger partial charge in [0, 0.05) is 23.1 Å². The summed E-state index contributed by atoms with van der Waals surface area (Å²) in [4.78, 5) is 28.1. The monoisotopic (exact) mass is 415 g/mol. The summed E-state index contributed by atoms with van der Waals surface area (Å²) < 4.78 is 0. The lowest BCUT2D eigenvalue weighted by atomic mass is 9.90. The molecule has 0 radical (unpaired) electrons. The second kappa shape index (κ2) is 6.56. The predicted octanol–water partition coefficient (Wildman–Crippen LogP) is 3.84. The van der Waals surface area contributed by atoms with E-state index in [0.29, 0.717) is 15.7 Å². The first kappa shape index (κ1) is 18.1. The number of rotatable bonds is 2. The van der Waals surface area contributed by atoms with Crippen LogP contribution in [0.15, 0.2) is 42.5 Å². The smallest absolute Gasteiger partial charge is 0.253 e. The first-order valence-corrected chi connectivity index (χ1v) is 10.2. The van der Waals surface area contributed by atoms with E-state index in [1.807, 2.05) is 37.3 Å². The molecule has 3 aliphatic heterocycles. The maximum atomic E-state index is 13.5. The number of fused-ring (bicyclic) bond motifs is 3. The third-order valence-electron chi connectivity index (χ3n) is 5.98. The number of carbonyl (C=O) groups is 2. The number of carbonyl (C=O) groups excluding carboxylic acids is 2. The number of benzene rings is 2. The number of hydrogen-bond donors (Lipinski definition) is 0. The Morgan fingerprint density at radius 3 is 2.25 bits per heavy atom. The van der Waals surface area contributed by atoms with Crippen molar-refractivity contribution < 1.29 is 9.59 Å². The molecule has 0 aliphatic carbocycles. The van der Waals surface area contributed by atoms with Crippen LogP contribution < -0.4 is 4.90 Å². The Bertz CT molecular complexity index is 978. The van der Waals surface area contributed by atoms with Crippen molar-refractivity contribution in [3.63, 3.8) is 0 Å². The fourth-order valence-corrected chi connectivity index (χ4v) is 5.30. The minimum atomic E-state index is -0.479. The average molecular weight is 416 g/mol. The fourth-order valence-electron chi connectivity index (χ4n) is 4.78. The first-order chi connectivity index (χ1) is 13.5. The van der Waals surface area contributed by atoms with E-state index in [2.05, 4.69) is 10.0 Å². The van der Waals surface area contributed by atoms with Gasteiger partial charge in [0.15, 0.2) is 0 Å². The number of hydrazine groups is 1. The molecule has 0 spiro atoms. The van der Waals surface area contributed by atoms with E-state index >= 15 is 0 Å². The van der Waals surface area contributed by atoms with Gasteiger partial charge in [-0.25, -0.2) is 14.9 Å². The minimum Gasteiger partial charge on any atom is -0.274 e. The summed E-state index contributed by atoms with van der Waals surface area (Å²) in [6, 6.07) is 12.1. The molecule has 28 heavy (non-hydrogen) atoms. The third kappa shape index (κ3) is 2.54. The SMILES string of the molecule is Cc1ccc(N2C(=O)[C@H]3[C@@H](c4ccc(Cl)cc4Cl)N4CCCN4[C@H]3C2=O)cc1. The van der Waals surface area contributed by atoms with Crippen LogP contribution >= 0.6 is 23.2 Å². The van der Waals surface area contributed by atoms with Crippen LogP contribution in [-0.4, -0.2) is 41.0 Å². The molecule has 0 aromatic heterocycles. The minimum absolute atomic E-state index is 0.154. The Kier molecular flexibility index (Phi) is 4.25. The number of hydrogen-bond acceptors (Lipinski definition) is 4. The summed E-state index contributed by atoms with van der Waals surface area (Å²) in [6.45, 7) is 3.55. The molecule has 144 valence electrons. The fraction of sp³-hybridized carbons (Fsp3) is 0.333. The van der Waals surface area contributed by atoms with Crippen molar-refractivity contribution in [3.8, 4) is 0 Å². The highest BCUT2D eigenvalue weighted by Gasteiger charge is 2.63. The number of nitrogens with zero attached hydrogens (tertiary/aromatic N) is 3. The number of anilines is 1. The molecule has 5 rings (SSSR count). The van der Waals surface area contributed by atoms with Gasteiger partial charge in [-0.2, -0.15) is 0 Å². The lowest BCUT2D eigenvalue weighted by Crippen LogP contribution is -2.44. The van der Waals surface area contributed by atoms with Crippen LogP contribution in [0.4, 0.5) is 5.69 Å². The average Bonchev–Trinajstić information content (AvgIpc) is 3.30. The lowest BCUT2D eigenvalue weighted by Gasteiger charge is -2.30. The number of halogens is 2. The zero-order chi connectivity index (χ0) is 19.6. The van der Waals surface area contributed by atoms with Crippen molar-refractivity contribution in [1.29, 1.82) is 0 Å². The van der Waals surface area contributed by atoms with Crippen LogP contribution in [-0.2, 0) is 9.59 Å². The molecule has 3 saturated heterocycles. The van der Waals surface area contributed by atoms with E-state index in [0.717, 1.165) is 30.6 Å². The van der Waals surface area contributed by atoms with Crippen LogP contribution in [0, 0.1) is 12.8 Å². The summed E-state index contributed by atoms with van der Waals surface area (Å²) in [5.41, 5.74) is 2.55. The molecule has 3 aliphatic rings. The molecule has 0 unspecified atom stereocenters. The molecule has 2 amide bonds. The van der Waals surface area contributed by atoms with E-state index < -0.39 is 12.0 Å². The Morgan fingerprint density at radius 2 is 1.57 bits per heavy atom. The van der Waals surface area contributed by atoms with E-state index in [-0.39, 0.29) is 17.9 Å². The zero-order valence-electron chi connectivity index (χ0n) is 15.3. The van der Waals surface area contributed by atoms with Crippen molar-refractivity contribution in [3.05, 3.63) is 63.6 Å². The number of amides is 2. The zero-order valence-corrected chi connectivity index (χ0v) is 16.8. The van der Waals surface area contributed by atoms with Gasteiger partial charge in [-0.1, -0.05) is 47.0 Å². The van der Waals surface area contributed by atoms with Crippen LogP contribution in [0.25, 0.3) is 0 Å². The normalized spacial score (nSPS) is 27.5. The second-order valence-electron chi connectivity index (χ2n) is 7.61. The lowest BCUT2D eigenvalue weighted by molar-refractivity contribution is -0.126. The maximum Gasteiger partial charge on any atom is 0.253 e.